The number of nitrogens with two attached hydrogens (primary N) is 2. The van der Waals surface area contributed by atoms with Crippen molar-refractivity contribution in [2.24, 2.45) is 11.5 Å². The molecule has 5 heteroatoms. The van der Waals surface area contributed by atoms with Gasteiger partial charge >= 0.3 is 6.01 Å². The van der Waals surface area contributed by atoms with Crippen molar-refractivity contribution in [3.05, 3.63) is 48.3 Å². The van der Waals surface area contributed by atoms with Crippen LogP contribution in [0.15, 0.2) is 42.7 Å². The Morgan fingerprint density at radius 3 is 2.65 bits per heavy atom. The standard InChI is InChI=1S/C12H14N4O/c13-8-11(14)9-3-1-4-10(7-9)17-12-15-5-2-6-16-12/h1-7,11H,8,13-14H2/t11-/m1/s1. The zero-order valence-electron chi connectivity index (χ0n) is 9.28. The van der Waals surface area contributed by atoms with Gasteiger partial charge in [0, 0.05) is 25.0 Å². The lowest BCUT2D eigenvalue weighted by Gasteiger charge is -2.10. The first-order chi connectivity index (χ1) is 8.29. The van der Waals surface area contributed by atoms with Gasteiger partial charge in [-0.1, -0.05) is 12.1 Å². The Morgan fingerprint density at radius 1 is 1.18 bits per heavy atom. The Bertz CT molecular complexity index is 475. The van der Waals surface area contributed by atoms with Crippen LogP contribution in [-0.2, 0) is 0 Å². The van der Waals surface area contributed by atoms with Gasteiger partial charge in [-0.15, -0.1) is 0 Å². The van der Waals surface area contributed by atoms with Crippen LogP contribution in [-0.4, -0.2) is 16.5 Å². The van der Waals surface area contributed by atoms with E-state index in [0.29, 0.717) is 18.3 Å². The fourth-order valence-corrected chi connectivity index (χ4v) is 1.39. The Kier molecular flexibility index (Phi) is 3.64. The highest BCUT2D eigenvalue weighted by Crippen LogP contribution is 2.20. The molecule has 0 bridgehead atoms. The van der Waals surface area contributed by atoms with Gasteiger partial charge in [0.05, 0.1) is 0 Å². The SMILES string of the molecule is NC[C@@H](N)c1cccc(Oc2ncccn2)c1. The molecule has 1 aromatic heterocycles. The molecule has 0 unspecified atom stereocenters. The molecule has 17 heavy (non-hydrogen) atoms. The summed E-state index contributed by atoms with van der Waals surface area (Å²) in [6.45, 7) is 0.394. The predicted molar refractivity (Wildman–Crippen MR) is 64.5 cm³/mol. The molecule has 5 nitrogen and oxygen atoms in total. The highest BCUT2D eigenvalue weighted by molar-refractivity contribution is 5.32. The van der Waals surface area contributed by atoms with Crippen LogP contribution in [0, 0.1) is 0 Å². The van der Waals surface area contributed by atoms with Crippen molar-refractivity contribution < 1.29 is 4.74 Å². The molecule has 0 aliphatic carbocycles. The van der Waals surface area contributed by atoms with Crippen LogP contribution in [0.25, 0.3) is 0 Å². The second-order valence-corrected chi connectivity index (χ2v) is 3.55. The molecule has 0 amide bonds. The molecule has 1 heterocycles. The van der Waals surface area contributed by atoms with Gasteiger partial charge in [-0.05, 0) is 23.8 Å². The van der Waals surface area contributed by atoms with E-state index in [1.54, 1.807) is 18.5 Å². The predicted octanol–water partition coefficient (Wildman–Crippen LogP) is 1.23. The molecule has 0 fully saturated rings. The number of benzene rings is 1. The summed E-state index contributed by atoms with van der Waals surface area (Å²) in [6.07, 6.45) is 3.25. The Balaban J connectivity index is 2.17. The molecule has 1 atom stereocenters. The third-order valence-electron chi connectivity index (χ3n) is 2.29. The lowest BCUT2D eigenvalue weighted by atomic mass is 10.1. The molecule has 2 rings (SSSR count). The van der Waals surface area contributed by atoms with Crippen LogP contribution in [0.2, 0.25) is 0 Å². The summed E-state index contributed by atoms with van der Waals surface area (Å²) in [5, 5.41) is 0. The number of hydrogen-bond acceptors (Lipinski definition) is 5. The average molecular weight is 230 g/mol. The summed E-state index contributed by atoms with van der Waals surface area (Å²) in [5.41, 5.74) is 12.3. The molecule has 0 aliphatic heterocycles. The van der Waals surface area contributed by atoms with Gasteiger partial charge in [-0.25, -0.2) is 9.97 Å². The number of ether oxygens (including phenoxy) is 1. The largest absolute Gasteiger partial charge is 0.424 e. The summed E-state index contributed by atoms with van der Waals surface area (Å²) in [6, 6.07) is 9.30. The highest BCUT2D eigenvalue weighted by atomic mass is 16.5. The minimum atomic E-state index is -0.185. The minimum Gasteiger partial charge on any atom is -0.424 e. The van der Waals surface area contributed by atoms with Crippen LogP contribution in [0.1, 0.15) is 11.6 Å². The van der Waals surface area contributed by atoms with Crippen molar-refractivity contribution in [1.82, 2.24) is 9.97 Å². The summed E-state index contributed by atoms with van der Waals surface area (Å²) in [7, 11) is 0. The summed E-state index contributed by atoms with van der Waals surface area (Å²) >= 11 is 0. The summed E-state index contributed by atoms with van der Waals surface area (Å²) in [5.74, 6) is 0.651. The fraction of sp³-hybridized carbons (Fsp3) is 0.167. The lowest BCUT2D eigenvalue weighted by Crippen LogP contribution is -2.20. The maximum atomic E-state index is 5.84. The maximum Gasteiger partial charge on any atom is 0.321 e. The van der Waals surface area contributed by atoms with E-state index in [4.69, 9.17) is 16.2 Å². The maximum absolute atomic E-state index is 5.84. The Morgan fingerprint density at radius 2 is 1.94 bits per heavy atom. The van der Waals surface area contributed by atoms with Crippen molar-refractivity contribution in [3.63, 3.8) is 0 Å². The van der Waals surface area contributed by atoms with Gasteiger partial charge in [0.1, 0.15) is 5.75 Å². The quantitative estimate of drug-likeness (QED) is 0.824. The van der Waals surface area contributed by atoms with Crippen molar-refractivity contribution >= 4 is 0 Å². The molecule has 2 aromatic rings. The second kappa shape index (κ2) is 5.38. The van der Waals surface area contributed by atoms with Crippen LogP contribution in [0.4, 0.5) is 0 Å². The first-order valence-corrected chi connectivity index (χ1v) is 5.30. The smallest absolute Gasteiger partial charge is 0.321 e. The molecule has 1 aromatic carbocycles. The Hall–Kier alpha value is -1.98. The molecule has 0 aliphatic rings. The van der Waals surface area contributed by atoms with E-state index in [0.717, 1.165) is 5.56 Å². The van der Waals surface area contributed by atoms with E-state index in [2.05, 4.69) is 9.97 Å². The van der Waals surface area contributed by atoms with E-state index >= 15 is 0 Å². The fourth-order valence-electron chi connectivity index (χ4n) is 1.39. The zero-order valence-corrected chi connectivity index (χ0v) is 9.28. The first-order valence-electron chi connectivity index (χ1n) is 5.30. The van der Waals surface area contributed by atoms with Crippen molar-refractivity contribution in [3.8, 4) is 11.8 Å². The third-order valence-corrected chi connectivity index (χ3v) is 2.29. The third kappa shape index (κ3) is 2.99. The highest BCUT2D eigenvalue weighted by Gasteiger charge is 2.05. The van der Waals surface area contributed by atoms with E-state index < -0.39 is 0 Å². The van der Waals surface area contributed by atoms with Crippen LogP contribution in [0.5, 0.6) is 11.8 Å². The van der Waals surface area contributed by atoms with E-state index in [-0.39, 0.29) is 6.04 Å². The first kappa shape index (κ1) is 11.5. The molecule has 4 N–H and O–H groups in total. The normalized spacial score (nSPS) is 12.1. The van der Waals surface area contributed by atoms with Crippen molar-refractivity contribution in [1.29, 1.82) is 0 Å². The van der Waals surface area contributed by atoms with Crippen LogP contribution in [0.3, 0.4) is 0 Å². The average Bonchev–Trinajstić information content (AvgIpc) is 2.39. The zero-order chi connectivity index (χ0) is 12.1. The number of rotatable bonds is 4. The molecule has 88 valence electrons. The van der Waals surface area contributed by atoms with Gasteiger partial charge < -0.3 is 16.2 Å². The number of aromatic nitrogens is 2. The van der Waals surface area contributed by atoms with E-state index in [9.17, 15) is 0 Å². The van der Waals surface area contributed by atoms with Crippen molar-refractivity contribution in [2.75, 3.05) is 6.54 Å². The van der Waals surface area contributed by atoms with Gasteiger partial charge in [-0.3, -0.25) is 0 Å². The Labute approximate surface area is 99.5 Å². The topological polar surface area (TPSA) is 87.0 Å². The molecule has 0 spiro atoms. The minimum absolute atomic E-state index is 0.185. The number of hydrogen-bond donors (Lipinski definition) is 2. The van der Waals surface area contributed by atoms with E-state index in [1.165, 1.54) is 0 Å². The summed E-state index contributed by atoms with van der Waals surface area (Å²) < 4.78 is 5.50. The molecule has 0 radical (unpaired) electrons. The number of nitrogens with zero attached hydrogens (tertiary/aromatic N) is 2. The van der Waals surface area contributed by atoms with Crippen LogP contribution < -0.4 is 16.2 Å². The summed E-state index contributed by atoms with van der Waals surface area (Å²) in [4.78, 5) is 7.96. The van der Waals surface area contributed by atoms with Gasteiger partial charge in [0.25, 0.3) is 0 Å². The van der Waals surface area contributed by atoms with Crippen molar-refractivity contribution in [2.45, 2.75) is 6.04 Å². The second-order valence-electron chi connectivity index (χ2n) is 3.55. The lowest BCUT2D eigenvalue weighted by molar-refractivity contribution is 0.440. The van der Waals surface area contributed by atoms with Crippen LogP contribution >= 0.6 is 0 Å². The van der Waals surface area contributed by atoms with Gasteiger partial charge in [0.15, 0.2) is 0 Å². The molecule has 0 saturated heterocycles. The molecular weight excluding hydrogens is 216 g/mol. The van der Waals surface area contributed by atoms with Gasteiger partial charge in [-0.2, -0.15) is 0 Å². The molecule has 0 saturated carbocycles. The monoisotopic (exact) mass is 230 g/mol. The van der Waals surface area contributed by atoms with E-state index in [1.807, 2.05) is 24.3 Å². The molecular formula is C12H14N4O. The van der Waals surface area contributed by atoms with Gasteiger partial charge in [0.2, 0.25) is 0 Å².